The van der Waals surface area contributed by atoms with Crippen molar-refractivity contribution in [2.24, 2.45) is 5.92 Å². The summed E-state index contributed by atoms with van der Waals surface area (Å²) < 4.78 is 5.08. The molecule has 1 aromatic rings. The Labute approximate surface area is 114 Å². The summed E-state index contributed by atoms with van der Waals surface area (Å²) in [7, 11) is 0. The summed E-state index contributed by atoms with van der Waals surface area (Å²) in [6.07, 6.45) is 0. The van der Waals surface area contributed by atoms with Gasteiger partial charge in [-0.25, -0.2) is 4.79 Å². The lowest BCUT2D eigenvalue weighted by Crippen LogP contribution is -2.46. The van der Waals surface area contributed by atoms with Crippen LogP contribution in [-0.4, -0.2) is 36.4 Å². The Morgan fingerprint density at radius 1 is 1.47 bits per heavy atom. The van der Waals surface area contributed by atoms with E-state index in [2.05, 4.69) is 10.6 Å². The van der Waals surface area contributed by atoms with Crippen molar-refractivity contribution in [2.75, 3.05) is 13.2 Å². The predicted molar refractivity (Wildman–Crippen MR) is 70.2 cm³/mol. The van der Waals surface area contributed by atoms with E-state index in [1.165, 1.54) is 4.88 Å². The smallest absolute Gasteiger partial charge is 0.315 e. The van der Waals surface area contributed by atoms with Crippen molar-refractivity contribution in [2.45, 2.75) is 19.5 Å². The number of aryl methyl sites for hydroxylation is 1. The number of carboxylic acids is 1. The van der Waals surface area contributed by atoms with Crippen LogP contribution in [0.25, 0.3) is 0 Å². The first-order valence-electron chi connectivity index (χ1n) is 5.96. The molecule has 1 saturated heterocycles. The van der Waals surface area contributed by atoms with Crippen LogP contribution in [0.4, 0.5) is 4.79 Å². The lowest BCUT2D eigenvalue weighted by Gasteiger charge is -2.15. The average molecular weight is 284 g/mol. The number of nitrogens with one attached hydrogen (secondary N) is 2. The van der Waals surface area contributed by atoms with Gasteiger partial charge < -0.3 is 20.5 Å². The van der Waals surface area contributed by atoms with Crippen LogP contribution < -0.4 is 10.6 Å². The standard InChI is InChI=1S/C12H16N2O4S/c1-7-2-3-8(19-7)4-13-12(17)14-10-6-18-5-9(10)11(15)16/h2-3,9-10H,4-6H2,1H3,(H,15,16)(H2,13,14,17). The zero-order valence-corrected chi connectivity index (χ0v) is 11.3. The number of hydrogen-bond acceptors (Lipinski definition) is 4. The monoisotopic (exact) mass is 284 g/mol. The van der Waals surface area contributed by atoms with E-state index in [0.717, 1.165) is 4.88 Å². The SMILES string of the molecule is Cc1ccc(CNC(=O)NC2COCC2C(=O)O)s1. The molecule has 0 bridgehead atoms. The van der Waals surface area contributed by atoms with Gasteiger partial charge in [-0.2, -0.15) is 0 Å². The predicted octanol–water partition coefficient (Wildman–Crippen LogP) is 0.955. The maximum Gasteiger partial charge on any atom is 0.315 e. The molecule has 1 aliphatic heterocycles. The van der Waals surface area contributed by atoms with E-state index in [1.54, 1.807) is 11.3 Å². The number of carboxylic acid groups (broad SMARTS) is 1. The quantitative estimate of drug-likeness (QED) is 0.768. The van der Waals surface area contributed by atoms with E-state index >= 15 is 0 Å². The zero-order valence-electron chi connectivity index (χ0n) is 10.5. The van der Waals surface area contributed by atoms with Crippen molar-refractivity contribution in [3.8, 4) is 0 Å². The molecule has 1 fully saturated rings. The number of urea groups is 1. The van der Waals surface area contributed by atoms with Crippen LogP contribution in [0.3, 0.4) is 0 Å². The molecule has 19 heavy (non-hydrogen) atoms. The zero-order chi connectivity index (χ0) is 13.8. The molecule has 2 unspecified atom stereocenters. The summed E-state index contributed by atoms with van der Waals surface area (Å²) in [5.74, 6) is -1.62. The highest BCUT2D eigenvalue weighted by molar-refractivity contribution is 7.11. The molecule has 2 rings (SSSR count). The number of rotatable bonds is 4. The largest absolute Gasteiger partial charge is 0.481 e. The van der Waals surface area contributed by atoms with Gasteiger partial charge in [0.25, 0.3) is 0 Å². The van der Waals surface area contributed by atoms with Gasteiger partial charge in [0, 0.05) is 9.75 Å². The molecule has 104 valence electrons. The molecule has 2 amide bonds. The lowest BCUT2D eigenvalue weighted by atomic mass is 10.0. The molecular weight excluding hydrogens is 268 g/mol. The fourth-order valence-corrected chi connectivity index (χ4v) is 2.74. The first kappa shape index (κ1) is 13.8. The number of ether oxygens (including phenoxy) is 1. The Morgan fingerprint density at radius 2 is 2.26 bits per heavy atom. The summed E-state index contributed by atoms with van der Waals surface area (Å²) in [6, 6.07) is 3.11. The fourth-order valence-electron chi connectivity index (χ4n) is 1.91. The molecule has 1 aromatic heterocycles. The number of carbonyl (C=O) groups is 2. The molecular formula is C12H16N2O4S. The Morgan fingerprint density at radius 3 is 2.89 bits per heavy atom. The minimum absolute atomic E-state index is 0.143. The van der Waals surface area contributed by atoms with Gasteiger partial charge >= 0.3 is 12.0 Å². The Hall–Kier alpha value is -1.60. The van der Waals surface area contributed by atoms with E-state index in [4.69, 9.17) is 9.84 Å². The molecule has 7 heteroatoms. The number of carbonyl (C=O) groups excluding carboxylic acids is 1. The molecule has 0 aromatic carbocycles. The minimum atomic E-state index is -0.948. The summed E-state index contributed by atoms with van der Waals surface area (Å²) in [5, 5.41) is 14.3. The third-order valence-corrected chi connectivity index (χ3v) is 3.93. The maximum absolute atomic E-state index is 11.7. The van der Waals surface area contributed by atoms with Crippen molar-refractivity contribution >= 4 is 23.3 Å². The van der Waals surface area contributed by atoms with Crippen LogP contribution in [0.1, 0.15) is 9.75 Å². The van der Waals surface area contributed by atoms with Gasteiger partial charge in [-0.1, -0.05) is 0 Å². The topological polar surface area (TPSA) is 87.7 Å². The number of aliphatic carboxylic acids is 1. The maximum atomic E-state index is 11.7. The average Bonchev–Trinajstić information content (AvgIpc) is 2.95. The number of amides is 2. The highest BCUT2D eigenvalue weighted by Gasteiger charge is 2.34. The van der Waals surface area contributed by atoms with Gasteiger partial charge in [0.05, 0.1) is 25.8 Å². The number of thiophene rings is 1. The molecule has 2 heterocycles. The van der Waals surface area contributed by atoms with Crippen LogP contribution in [0.15, 0.2) is 12.1 Å². The van der Waals surface area contributed by atoms with Crippen molar-refractivity contribution < 1.29 is 19.4 Å². The van der Waals surface area contributed by atoms with Gasteiger partial charge in [-0.15, -0.1) is 11.3 Å². The van der Waals surface area contributed by atoms with E-state index in [9.17, 15) is 9.59 Å². The van der Waals surface area contributed by atoms with Gasteiger partial charge in [0.15, 0.2) is 0 Å². The van der Waals surface area contributed by atoms with Crippen molar-refractivity contribution in [1.29, 1.82) is 0 Å². The number of hydrogen-bond donors (Lipinski definition) is 3. The molecule has 3 N–H and O–H groups in total. The minimum Gasteiger partial charge on any atom is -0.481 e. The van der Waals surface area contributed by atoms with Crippen LogP contribution in [-0.2, 0) is 16.1 Å². The van der Waals surface area contributed by atoms with Crippen molar-refractivity contribution in [3.05, 3.63) is 21.9 Å². The third kappa shape index (κ3) is 3.68. The van der Waals surface area contributed by atoms with Gasteiger partial charge in [-0.3, -0.25) is 4.79 Å². The highest BCUT2D eigenvalue weighted by Crippen LogP contribution is 2.15. The molecule has 0 radical (unpaired) electrons. The summed E-state index contributed by atoms with van der Waals surface area (Å²) in [4.78, 5) is 24.9. The van der Waals surface area contributed by atoms with Crippen LogP contribution in [0, 0.1) is 12.8 Å². The van der Waals surface area contributed by atoms with E-state index in [0.29, 0.717) is 6.54 Å². The fraction of sp³-hybridized carbons (Fsp3) is 0.500. The first-order chi connectivity index (χ1) is 9.06. The van der Waals surface area contributed by atoms with Crippen molar-refractivity contribution in [1.82, 2.24) is 10.6 Å². The molecule has 6 nitrogen and oxygen atoms in total. The lowest BCUT2D eigenvalue weighted by molar-refractivity contribution is -0.142. The first-order valence-corrected chi connectivity index (χ1v) is 6.78. The van der Waals surface area contributed by atoms with Gasteiger partial charge in [0.2, 0.25) is 0 Å². The van der Waals surface area contributed by atoms with E-state index in [1.807, 2.05) is 19.1 Å². The Bertz CT molecular complexity index is 474. The van der Waals surface area contributed by atoms with Crippen LogP contribution in [0.2, 0.25) is 0 Å². The van der Waals surface area contributed by atoms with Crippen LogP contribution >= 0.6 is 11.3 Å². The normalized spacial score (nSPS) is 22.2. The second kappa shape index (κ2) is 6.03. The Kier molecular flexibility index (Phi) is 4.39. The molecule has 2 atom stereocenters. The second-order valence-corrected chi connectivity index (χ2v) is 5.80. The molecule has 0 saturated carbocycles. The Balaban J connectivity index is 1.79. The highest BCUT2D eigenvalue weighted by atomic mass is 32.1. The van der Waals surface area contributed by atoms with Gasteiger partial charge in [0.1, 0.15) is 5.92 Å². The summed E-state index contributed by atoms with van der Waals surface area (Å²) in [6.45, 7) is 2.82. The van der Waals surface area contributed by atoms with E-state index < -0.39 is 17.9 Å². The second-order valence-electron chi connectivity index (χ2n) is 4.43. The molecule has 1 aliphatic rings. The van der Waals surface area contributed by atoms with Crippen molar-refractivity contribution in [3.63, 3.8) is 0 Å². The van der Waals surface area contributed by atoms with Crippen LogP contribution in [0.5, 0.6) is 0 Å². The third-order valence-electron chi connectivity index (χ3n) is 2.93. The van der Waals surface area contributed by atoms with Gasteiger partial charge in [-0.05, 0) is 19.1 Å². The molecule has 0 aliphatic carbocycles. The molecule has 0 spiro atoms. The summed E-state index contributed by atoms with van der Waals surface area (Å²) >= 11 is 1.62. The van der Waals surface area contributed by atoms with E-state index in [-0.39, 0.29) is 19.2 Å². The summed E-state index contributed by atoms with van der Waals surface area (Å²) in [5.41, 5.74) is 0.